The van der Waals surface area contributed by atoms with E-state index in [9.17, 15) is 0 Å². The summed E-state index contributed by atoms with van der Waals surface area (Å²) in [6.45, 7) is 3.05. The largest absolute Gasteiger partial charge is 0.494 e. The molecule has 0 amide bonds. The number of benzene rings is 6. The number of nitrogens with zero attached hydrogens (tertiary/aromatic N) is 2. The molecule has 342 valence electrons. The minimum atomic E-state index is 0.678. The van der Waals surface area contributed by atoms with Crippen LogP contribution in [0.15, 0.2) is 146 Å². The summed E-state index contributed by atoms with van der Waals surface area (Å²) in [6, 6.07) is 53.0. The molecule has 0 aromatic heterocycles. The molecule has 0 saturated heterocycles. The van der Waals surface area contributed by atoms with Gasteiger partial charge in [-0.2, -0.15) is 10.5 Å². The highest BCUT2D eigenvalue weighted by Gasteiger charge is 2.04. The topological polar surface area (TPSA) is 84.5 Å². The van der Waals surface area contributed by atoms with Crippen molar-refractivity contribution in [3.8, 4) is 68.5 Å². The summed E-state index contributed by atoms with van der Waals surface area (Å²) in [5, 5.41) is 18.0. The van der Waals surface area contributed by atoms with Crippen LogP contribution in [0.1, 0.15) is 127 Å². The average molecular weight is 881 g/mol. The molecule has 6 heteroatoms. The van der Waals surface area contributed by atoms with Crippen LogP contribution >= 0.6 is 0 Å². The van der Waals surface area contributed by atoms with E-state index in [1.807, 2.05) is 72.8 Å². The number of ether oxygens (including phenoxy) is 4. The van der Waals surface area contributed by atoms with Gasteiger partial charge in [-0.15, -0.1) is 0 Å². The Morgan fingerprint density at radius 1 is 0.227 bits per heavy atom. The maximum atomic E-state index is 9.00. The van der Waals surface area contributed by atoms with Crippen molar-refractivity contribution in [3.05, 3.63) is 157 Å². The summed E-state index contributed by atoms with van der Waals surface area (Å²) < 4.78 is 24.0. The van der Waals surface area contributed by atoms with Crippen molar-refractivity contribution < 1.29 is 18.9 Å². The Balaban J connectivity index is 0.691. The van der Waals surface area contributed by atoms with Gasteiger partial charge in [0.25, 0.3) is 0 Å². The number of hydrogen-bond acceptors (Lipinski definition) is 6. The third-order valence-corrected chi connectivity index (χ3v) is 12.1. The fourth-order valence-corrected chi connectivity index (χ4v) is 8.09. The Labute approximate surface area is 395 Å². The molecule has 6 rings (SSSR count). The van der Waals surface area contributed by atoms with Crippen molar-refractivity contribution >= 4 is 0 Å². The summed E-state index contributed by atoms with van der Waals surface area (Å²) in [7, 11) is 0. The highest BCUT2D eigenvalue weighted by molar-refractivity contribution is 5.66. The smallest absolute Gasteiger partial charge is 0.119 e. The third-order valence-electron chi connectivity index (χ3n) is 12.1. The summed E-state index contributed by atoms with van der Waals surface area (Å²) in [5.41, 5.74) is 8.19. The van der Waals surface area contributed by atoms with Crippen LogP contribution in [0.4, 0.5) is 0 Å². The molecule has 0 aliphatic carbocycles. The van der Waals surface area contributed by atoms with Crippen LogP contribution in [-0.4, -0.2) is 26.4 Å². The van der Waals surface area contributed by atoms with E-state index in [2.05, 4.69) is 84.9 Å². The van der Waals surface area contributed by atoms with Crippen LogP contribution in [-0.2, 0) is 0 Å². The van der Waals surface area contributed by atoms with E-state index < -0.39 is 0 Å². The van der Waals surface area contributed by atoms with E-state index in [4.69, 9.17) is 29.5 Å². The third kappa shape index (κ3) is 17.8. The maximum Gasteiger partial charge on any atom is 0.119 e. The van der Waals surface area contributed by atoms with Gasteiger partial charge in [0.05, 0.1) is 49.7 Å². The van der Waals surface area contributed by atoms with Crippen molar-refractivity contribution in [2.45, 2.75) is 116 Å². The highest BCUT2D eigenvalue weighted by atomic mass is 16.5. The highest BCUT2D eigenvalue weighted by Crippen LogP contribution is 2.27. The molecule has 0 aliphatic rings. The lowest BCUT2D eigenvalue weighted by Gasteiger charge is -2.09. The number of rotatable bonds is 31. The molecule has 0 unspecified atom stereocenters. The first-order chi connectivity index (χ1) is 32.7. The van der Waals surface area contributed by atoms with Crippen molar-refractivity contribution in [1.82, 2.24) is 0 Å². The van der Waals surface area contributed by atoms with Gasteiger partial charge in [-0.25, -0.2) is 0 Å². The average Bonchev–Trinajstić information content (AvgIpc) is 3.37. The molecule has 6 aromatic rings. The van der Waals surface area contributed by atoms with Crippen molar-refractivity contribution in [3.63, 3.8) is 0 Å². The van der Waals surface area contributed by atoms with E-state index in [0.717, 1.165) is 97.4 Å². The first-order valence-corrected chi connectivity index (χ1v) is 24.6. The van der Waals surface area contributed by atoms with Crippen molar-refractivity contribution in [1.29, 1.82) is 10.5 Å². The standard InChI is InChI=1S/C60H68N2O4/c61-47-49-19-23-51(24-20-49)53-27-35-57(36-28-53)63-43-15-11-7-3-1-5-9-13-17-45-65-59-39-31-55(32-40-59)56-33-41-60(42-34-56)66-46-18-14-10-6-2-4-8-12-16-44-64-58-37-29-54(30-38-58)52-25-21-50(48-62)22-26-52/h19-42H,1-18,43-46H2. The lowest BCUT2D eigenvalue weighted by atomic mass is 10.0. The summed E-state index contributed by atoms with van der Waals surface area (Å²) >= 11 is 0. The zero-order valence-electron chi connectivity index (χ0n) is 38.9. The first kappa shape index (κ1) is 48.9. The Morgan fingerprint density at radius 3 is 0.576 bits per heavy atom. The van der Waals surface area contributed by atoms with Crippen LogP contribution in [0.2, 0.25) is 0 Å². The second-order valence-corrected chi connectivity index (χ2v) is 17.2. The zero-order valence-corrected chi connectivity index (χ0v) is 38.9. The van der Waals surface area contributed by atoms with Gasteiger partial charge in [0.1, 0.15) is 23.0 Å². The molecule has 0 bridgehead atoms. The molecule has 0 aliphatic heterocycles. The van der Waals surface area contributed by atoms with E-state index >= 15 is 0 Å². The van der Waals surface area contributed by atoms with Crippen LogP contribution in [0.5, 0.6) is 23.0 Å². The summed E-state index contributed by atoms with van der Waals surface area (Å²) in [5.74, 6) is 3.69. The van der Waals surface area contributed by atoms with Gasteiger partial charge >= 0.3 is 0 Å². The van der Waals surface area contributed by atoms with Gasteiger partial charge in [0.15, 0.2) is 0 Å². The van der Waals surface area contributed by atoms with Crippen LogP contribution < -0.4 is 18.9 Å². The fraction of sp³-hybridized carbons (Fsp3) is 0.367. The van der Waals surface area contributed by atoms with Crippen LogP contribution in [0, 0.1) is 22.7 Å². The molecule has 66 heavy (non-hydrogen) atoms. The van der Waals surface area contributed by atoms with E-state index in [0.29, 0.717) is 11.1 Å². The zero-order chi connectivity index (χ0) is 45.7. The minimum Gasteiger partial charge on any atom is -0.494 e. The predicted molar refractivity (Wildman–Crippen MR) is 270 cm³/mol. The first-order valence-electron chi connectivity index (χ1n) is 24.6. The second-order valence-electron chi connectivity index (χ2n) is 17.2. The number of hydrogen-bond donors (Lipinski definition) is 0. The molecule has 0 atom stereocenters. The van der Waals surface area contributed by atoms with Crippen molar-refractivity contribution in [2.24, 2.45) is 0 Å². The Kier molecular flexibility index (Phi) is 21.6. The van der Waals surface area contributed by atoms with Gasteiger partial charge in [-0.3, -0.25) is 0 Å². The van der Waals surface area contributed by atoms with Crippen LogP contribution in [0.3, 0.4) is 0 Å². The SMILES string of the molecule is N#Cc1ccc(-c2ccc(OCCCCCCCCCCCOc3ccc(-c4ccc(OCCCCCCCCCCCOc5ccc(-c6ccc(C#N)cc6)cc5)cc4)cc3)cc2)cc1. The Morgan fingerprint density at radius 2 is 0.394 bits per heavy atom. The fourth-order valence-electron chi connectivity index (χ4n) is 8.09. The minimum absolute atomic E-state index is 0.678. The second kappa shape index (κ2) is 29.1. The monoisotopic (exact) mass is 881 g/mol. The molecule has 0 spiro atoms. The lowest BCUT2D eigenvalue weighted by Crippen LogP contribution is -1.98. The molecule has 0 saturated carbocycles. The van der Waals surface area contributed by atoms with E-state index in [1.54, 1.807) is 0 Å². The van der Waals surface area contributed by atoms with Gasteiger partial charge in [-0.1, -0.05) is 163 Å². The van der Waals surface area contributed by atoms with Gasteiger partial charge in [-0.05, 0) is 132 Å². The quantitative estimate of drug-likeness (QED) is 0.0404. The van der Waals surface area contributed by atoms with Crippen molar-refractivity contribution in [2.75, 3.05) is 26.4 Å². The predicted octanol–water partition coefficient (Wildman–Crippen LogP) is 16.4. The summed E-state index contributed by atoms with van der Waals surface area (Å²) in [4.78, 5) is 0. The normalized spacial score (nSPS) is 10.8. The number of unbranched alkanes of at least 4 members (excludes halogenated alkanes) is 16. The lowest BCUT2D eigenvalue weighted by molar-refractivity contribution is 0.302. The molecule has 6 nitrogen and oxygen atoms in total. The van der Waals surface area contributed by atoms with Gasteiger partial charge in [0.2, 0.25) is 0 Å². The Bertz CT molecular complexity index is 2140. The molecule has 0 heterocycles. The molecule has 0 fully saturated rings. The molecule has 0 N–H and O–H groups in total. The van der Waals surface area contributed by atoms with Crippen LogP contribution in [0.25, 0.3) is 33.4 Å². The van der Waals surface area contributed by atoms with E-state index in [1.165, 1.54) is 101 Å². The molecular weight excluding hydrogens is 813 g/mol. The Hall–Kier alpha value is -6.50. The number of nitriles is 2. The molecular formula is C60H68N2O4. The molecule has 0 radical (unpaired) electrons. The van der Waals surface area contributed by atoms with E-state index in [-0.39, 0.29) is 0 Å². The van der Waals surface area contributed by atoms with Gasteiger partial charge in [0, 0.05) is 0 Å². The van der Waals surface area contributed by atoms with Gasteiger partial charge < -0.3 is 18.9 Å². The molecule has 6 aromatic carbocycles. The maximum absolute atomic E-state index is 9.00. The summed E-state index contributed by atoms with van der Waals surface area (Å²) in [6.07, 6.45) is 22.0.